The molecule has 7 nitrogen and oxygen atoms in total. The molecular weight excluding hydrogens is 414 g/mol. The second kappa shape index (κ2) is 8.80. The zero-order valence-corrected chi connectivity index (χ0v) is 18.3. The number of nitrogens with zero attached hydrogens (tertiary/aromatic N) is 2. The molecule has 2 heterocycles. The van der Waals surface area contributed by atoms with Crippen molar-refractivity contribution >= 4 is 33.2 Å². The summed E-state index contributed by atoms with van der Waals surface area (Å²) < 4.78 is 27.3. The van der Waals surface area contributed by atoms with Gasteiger partial charge in [-0.05, 0) is 55.2 Å². The van der Waals surface area contributed by atoms with E-state index in [0.717, 1.165) is 18.5 Å². The second-order valence-corrected chi connectivity index (χ2v) is 10.3. The van der Waals surface area contributed by atoms with Crippen LogP contribution in [0.15, 0.2) is 59.5 Å². The molecule has 1 N–H and O–H groups in total. The van der Waals surface area contributed by atoms with E-state index >= 15 is 0 Å². The molecule has 164 valence electrons. The van der Waals surface area contributed by atoms with E-state index in [-0.39, 0.29) is 23.1 Å². The highest BCUT2D eigenvalue weighted by molar-refractivity contribution is 7.89. The molecule has 2 aromatic rings. The number of sulfonamides is 1. The van der Waals surface area contributed by atoms with Gasteiger partial charge in [0.2, 0.25) is 21.8 Å². The number of nitrogens with one attached hydrogen (secondary N) is 1. The Morgan fingerprint density at radius 1 is 1.03 bits per heavy atom. The Balaban J connectivity index is 1.40. The Morgan fingerprint density at radius 2 is 1.74 bits per heavy atom. The third-order valence-corrected chi connectivity index (χ3v) is 7.82. The van der Waals surface area contributed by atoms with Gasteiger partial charge in [-0.1, -0.05) is 25.1 Å². The van der Waals surface area contributed by atoms with Crippen LogP contribution < -0.4 is 10.2 Å². The molecule has 0 aliphatic carbocycles. The summed E-state index contributed by atoms with van der Waals surface area (Å²) in [5.74, 6) is -0.423. The number of piperidine rings is 1. The van der Waals surface area contributed by atoms with Crippen LogP contribution in [0, 0.1) is 11.8 Å². The predicted octanol–water partition coefficient (Wildman–Crippen LogP) is 3.10. The average Bonchev–Trinajstić information content (AvgIpc) is 3.16. The summed E-state index contributed by atoms with van der Waals surface area (Å²) in [6.45, 7) is 3.47. The van der Waals surface area contributed by atoms with Crippen molar-refractivity contribution in [2.45, 2.75) is 31.1 Å². The maximum atomic E-state index is 12.9. The number of para-hydroxylation sites is 1. The monoisotopic (exact) mass is 441 g/mol. The fourth-order valence-corrected chi connectivity index (χ4v) is 5.81. The van der Waals surface area contributed by atoms with Gasteiger partial charge in [0.05, 0.1) is 10.8 Å². The first-order chi connectivity index (χ1) is 14.8. The summed E-state index contributed by atoms with van der Waals surface area (Å²) in [7, 11) is -3.53. The van der Waals surface area contributed by atoms with Gasteiger partial charge in [0.1, 0.15) is 0 Å². The van der Waals surface area contributed by atoms with E-state index in [2.05, 4.69) is 12.2 Å². The van der Waals surface area contributed by atoms with Crippen molar-refractivity contribution in [3.63, 3.8) is 0 Å². The number of hydrogen-bond donors (Lipinski definition) is 1. The molecule has 0 unspecified atom stereocenters. The topological polar surface area (TPSA) is 86.8 Å². The maximum Gasteiger partial charge on any atom is 0.243 e. The largest absolute Gasteiger partial charge is 0.326 e. The highest BCUT2D eigenvalue weighted by atomic mass is 32.2. The van der Waals surface area contributed by atoms with Gasteiger partial charge in [0, 0.05) is 37.4 Å². The molecule has 4 rings (SSSR count). The first-order valence-corrected chi connectivity index (χ1v) is 12.0. The van der Waals surface area contributed by atoms with Crippen molar-refractivity contribution in [3.05, 3.63) is 54.6 Å². The molecule has 0 saturated carbocycles. The van der Waals surface area contributed by atoms with Crippen molar-refractivity contribution in [2.75, 3.05) is 29.9 Å². The van der Waals surface area contributed by atoms with E-state index in [1.54, 1.807) is 17.0 Å². The molecule has 0 radical (unpaired) electrons. The molecule has 2 aromatic carbocycles. The lowest BCUT2D eigenvalue weighted by atomic mass is 10.0. The lowest BCUT2D eigenvalue weighted by molar-refractivity contribution is -0.122. The van der Waals surface area contributed by atoms with Crippen LogP contribution in [-0.4, -0.2) is 44.2 Å². The quantitative estimate of drug-likeness (QED) is 0.773. The first-order valence-electron chi connectivity index (χ1n) is 10.6. The molecule has 2 aliphatic heterocycles. The molecule has 8 heteroatoms. The summed E-state index contributed by atoms with van der Waals surface area (Å²) in [5, 5.41) is 2.82. The van der Waals surface area contributed by atoms with Crippen LogP contribution in [0.1, 0.15) is 26.2 Å². The Hall–Kier alpha value is -2.71. The SMILES string of the molecule is C[C@H]1CCCN(S(=O)(=O)c2ccc(NC(=O)[C@@H]3CC(=O)N(c4ccccc4)C3)cc2)C1. The minimum atomic E-state index is -3.53. The van der Waals surface area contributed by atoms with E-state index in [1.165, 1.54) is 16.4 Å². The molecular formula is C23H27N3O4S. The molecule has 31 heavy (non-hydrogen) atoms. The van der Waals surface area contributed by atoms with Crippen molar-refractivity contribution in [1.82, 2.24) is 4.31 Å². The number of hydrogen-bond acceptors (Lipinski definition) is 4. The molecule has 0 spiro atoms. The van der Waals surface area contributed by atoms with Crippen LogP contribution in [-0.2, 0) is 19.6 Å². The maximum absolute atomic E-state index is 12.9. The summed E-state index contributed by atoms with van der Waals surface area (Å²) >= 11 is 0. The average molecular weight is 442 g/mol. The highest BCUT2D eigenvalue weighted by Crippen LogP contribution is 2.27. The standard InChI is InChI=1S/C23H27N3O4S/c1-17-6-5-13-25(15-17)31(29,30)21-11-9-19(10-12-21)24-23(28)18-14-22(27)26(16-18)20-7-3-2-4-8-20/h2-4,7-12,17-18H,5-6,13-16H2,1H3,(H,24,28)/t17-,18+/m0/s1. The van der Waals surface area contributed by atoms with Crippen LogP contribution in [0.4, 0.5) is 11.4 Å². The lowest BCUT2D eigenvalue weighted by Gasteiger charge is -2.30. The van der Waals surface area contributed by atoms with E-state index < -0.39 is 15.9 Å². The smallest absolute Gasteiger partial charge is 0.243 e. The number of carbonyl (C=O) groups excluding carboxylic acids is 2. The van der Waals surface area contributed by atoms with Crippen LogP contribution in [0.25, 0.3) is 0 Å². The van der Waals surface area contributed by atoms with E-state index in [4.69, 9.17) is 0 Å². The van der Waals surface area contributed by atoms with Gasteiger partial charge < -0.3 is 10.2 Å². The molecule has 0 bridgehead atoms. The third-order valence-electron chi connectivity index (χ3n) is 5.94. The predicted molar refractivity (Wildman–Crippen MR) is 119 cm³/mol. The van der Waals surface area contributed by atoms with E-state index in [1.807, 2.05) is 30.3 Å². The van der Waals surface area contributed by atoms with E-state index in [0.29, 0.717) is 31.2 Å². The van der Waals surface area contributed by atoms with Gasteiger partial charge in [-0.15, -0.1) is 0 Å². The zero-order valence-electron chi connectivity index (χ0n) is 17.5. The Kier molecular flexibility index (Phi) is 6.11. The minimum absolute atomic E-state index is 0.0800. The Morgan fingerprint density at radius 3 is 2.42 bits per heavy atom. The van der Waals surface area contributed by atoms with Gasteiger partial charge in [0.25, 0.3) is 0 Å². The summed E-state index contributed by atoms with van der Waals surface area (Å²) in [5.41, 5.74) is 1.30. The van der Waals surface area contributed by atoms with Gasteiger partial charge in [-0.25, -0.2) is 8.42 Å². The van der Waals surface area contributed by atoms with Crippen molar-refractivity contribution in [1.29, 1.82) is 0 Å². The molecule has 2 saturated heterocycles. The lowest BCUT2D eigenvalue weighted by Crippen LogP contribution is -2.39. The fourth-order valence-electron chi connectivity index (χ4n) is 4.21. The zero-order chi connectivity index (χ0) is 22.0. The Labute approximate surface area is 183 Å². The van der Waals surface area contributed by atoms with Crippen LogP contribution in [0.5, 0.6) is 0 Å². The normalized spacial score (nSPS) is 22.5. The fraction of sp³-hybridized carbons (Fsp3) is 0.391. The number of carbonyl (C=O) groups is 2. The molecule has 2 amide bonds. The van der Waals surface area contributed by atoms with Gasteiger partial charge in [-0.3, -0.25) is 9.59 Å². The minimum Gasteiger partial charge on any atom is -0.326 e. The van der Waals surface area contributed by atoms with Gasteiger partial charge in [-0.2, -0.15) is 4.31 Å². The second-order valence-electron chi connectivity index (χ2n) is 8.37. The van der Waals surface area contributed by atoms with Gasteiger partial charge >= 0.3 is 0 Å². The van der Waals surface area contributed by atoms with Crippen LogP contribution in [0.3, 0.4) is 0 Å². The summed E-state index contributed by atoms with van der Waals surface area (Å²) in [6.07, 6.45) is 2.07. The Bertz CT molecular complexity index is 1050. The van der Waals surface area contributed by atoms with Gasteiger partial charge in [0.15, 0.2) is 0 Å². The van der Waals surface area contributed by atoms with E-state index in [9.17, 15) is 18.0 Å². The molecule has 2 aliphatic rings. The number of amides is 2. The summed E-state index contributed by atoms with van der Waals surface area (Å²) in [4.78, 5) is 26.9. The van der Waals surface area contributed by atoms with Crippen molar-refractivity contribution < 1.29 is 18.0 Å². The number of anilines is 2. The highest BCUT2D eigenvalue weighted by Gasteiger charge is 2.35. The first kappa shape index (κ1) is 21.5. The number of rotatable bonds is 5. The molecule has 2 fully saturated rings. The summed E-state index contributed by atoms with van der Waals surface area (Å²) in [6, 6.07) is 15.5. The number of benzene rings is 2. The molecule has 2 atom stereocenters. The molecule has 0 aromatic heterocycles. The van der Waals surface area contributed by atoms with Crippen molar-refractivity contribution in [3.8, 4) is 0 Å². The van der Waals surface area contributed by atoms with Crippen molar-refractivity contribution in [2.24, 2.45) is 11.8 Å². The van der Waals surface area contributed by atoms with Crippen LogP contribution >= 0.6 is 0 Å². The third kappa shape index (κ3) is 4.65. The van der Waals surface area contributed by atoms with Crippen LogP contribution in [0.2, 0.25) is 0 Å².